The molecule has 2 fully saturated rings. The Morgan fingerprint density at radius 1 is 1.25 bits per heavy atom. The summed E-state index contributed by atoms with van der Waals surface area (Å²) in [5.74, 6) is 0.968. The first-order valence-electron chi connectivity index (χ1n) is 8.56. The zero-order valence-electron chi connectivity index (χ0n) is 13.3. The number of nitrogens with one attached hydrogen (secondary N) is 1. The van der Waals surface area contributed by atoms with E-state index in [1.54, 1.807) is 0 Å². The summed E-state index contributed by atoms with van der Waals surface area (Å²) in [6.45, 7) is 8.01. The van der Waals surface area contributed by atoms with Crippen LogP contribution in [-0.2, 0) is 0 Å². The minimum Gasteiger partial charge on any atom is -0.303 e. The predicted molar refractivity (Wildman–Crippen MR) is 83.5 cm³/mol. The van der Waals surface area contributed by atoms with Crippen LogP contribution in [0.25, 0.3) is 0 Å². The number of hydrogen-bond donors (Lipinski definition) is 1. The van der Waals surface area contributed by atoms with E-state index in [4.69, 9.17) is 0 Å². The van der Waals surface area contributed by atoms with Crippen LogP contribution < -0.4 is 5.32 Å². The molecular formula is C17H31N3. The second kappa shape index (κ2) is 7.43. The maximum atomic E-state index is 9.35. The van der Waals surface area contributed by atoms with E-state index in [-0.39, 0.29) is 5.54 Å². The van der Waals surface area contributed by atoms with Crippen molar-refractivity contribution in [2.75, 3.05) is 19.6 Å². The van der Waals surface area contributed by atoms with Crippen LogP contribution in [-0.4, -0.2) is 36.1 Å². The molecule has 0 aromatic carbocycles. The third-order valence-electron chi connectivity index (χ3n) is 4.94. The van der Waals surface area contributed by atoms with Crippen molar-refractivity contribution in [3.05, 3.63) is 0 Å². The lowest BCUT2D eigenvalue weighted by Gasteiger charge is -2.32. The Morgan fingerprint density at radius 2 is 2.00 bits per heavy atom. The zero-order chi connectivity index (χ0) is 14.4. The molecular weight excluding hydrogens is 246 g/mol. The van der Waals surface area contributed by atoms with Crippen LogP contribution in [0.5, 0.6) is 0 Å². The molecule has 0 aromatic rings. The van der Waals surface area contributed by atoms with Crippen molar-refractivity contribution >= 4 is 0 Å². The summed E-state index contributed by atoms with van der Waals surface area (Å²) in [6.07, 6.45) is 10.2. The van der Waals surface area contributed by atoms with Crippen LogP contribution in [0.2, 0.25) is 0 Å². The monoisotopic (exact) mass is 277 g/mol. The Bertz CT molecular complexity index is 328. The molecule has 1 N–H and O–H groups in total. The van der Waals surface area contributed by atoms with Crippen molar-refractivity contribution in [2.24, 2.45) is 5.92 Å². The van der Waals surface area contributed by atoms with Gasteiger partial charge in [-0.2, -0.15) is 5.26 Å². The molecule has 0 aliphatic heterocycles. The van der Waals surface area contributed by atoms with Gasteiger partial charge in [-0.15, -0.1) is 0 Å². The molecule has 0 radical (unpaired) electrons. The average molecular weight is 277 g/mol. The average Bonchev–Trinajstić information content (AvgIpc) is 3.19. The number of nitrogens with zero attached hydrogens (tertiary/aromatic N) is 2. The highest BCUT2D eigenvalue weighted by molar-refractivity contribution is 5.06. The summed E-state index contributed by atoms with van der Waals surface area (Å²) in [7, 11) is 0. The molecule has 0 heterocycles. The van der Waals surface area contributed by atoms with Crippen LogP contribution in [0.1, 0.15) is 65.2 Å². The predicted octanol–water partition coefficient (Wildman–Crippen LogP) is 3.31. The fraction of sp³-hybridized carbons (Fsp3) is 0.941. The first-order chi connectivity index (χ1) is 9.65. The Labute approximate surface area is 124 Å². The van der Waals surface area contributed by atoms with E-state index in [1.807, 2.05) is 0 Å². The fourth-order valence-electron chi connectivity index (χ4n) is 3.07. The molecule has 3 heteroatoms. The molecule has 0 amide bonds. The molecule has 2 rings (SSSR count). The van der Waals surface area contributed by atoms with Gasteiger partial charge < -0.3 is 4.90 Å². The lowest BCUT2D eigenvalue weighted by molar-refractivity contribution is 0.180. The highest BCUT2D eigenvalue weighted by Gasteiger charge is 2.31. The lowest BCUT2D eigenvalue weighted by Crippen LogP contribution is -2.42. The van der Waals surface area contributed by atoms with Crippen molar-refractivity contribution in [3.8, 4) is 6.07 Å². The van der Waals surface area contributed by atoms with E-state index in [0.29, 0.717) is 6.04 Å². The van der Waals surface area contributed by atoms with Crippen molar-refractivity contribution in [1.29, 1.82) is 5.26 Å². The molecule has 0 saturated heterocycles. The van der Waals surface area contributed by atoms with Crippen LogP contribution >= 0.6 is 0 Å². The third kappa shape index (κ3) is 5.07. The van der Waals surface area contributed by atoms with Gasteiger partial charge in [0, 0.05) is 12.6 Å². The van der Waals surface area contributed by atoms with Crippen LogP contribution in [0.15, 0.2) is 0 Å². The summed E-state index contributed by atoms with van der Waals surface area (Å²) in [4.78, 5) is 2.60. The van der Waals surface area contributed by atoms with Gasteiger partial charge in [-0.3, -0.25) is 5.32 Å². The van der Waals surface area contributed by atoms with Gasteiger partial charge in [0.05, 0.1) is 6.07 Å². The Balaban J connectivity index is 1.59. The highest BCUT2D eigenvalue weighted by atomic mass is 15.1. The van der Waals surface area contributed by atoms with Crippen molar-refractivity contribution in [2.45, 2.75) is 76.8 Å². The topological polar surface area (TPSA) is 39.1 Å². The molecule has 1 unspecified atom stereocenters. The van der Waals surface area contributed by atoms with E-state index >= 15 is 0 Å². The molecule has 0 spiro atoms. The van der Waals surface area contributed by atoms with E-state index in [2.05, 4.69) is 30.1 Å². The highest BCUT2D eigenvalue weighted by Crippen LogP contribution is 2.27. The minimum atomic E-state index is -0.299. The Kier molecular flexibility index (Phi) is 5.86. The minimum absolute atomic E-state index is 0.299. The van der Waals surface area contributed by atoms with Gasteiger partial charge in [0.1, 0.15) is 5.54 Å². The Morgan fingerprint density at radius 3 is 2.50 bits per heavy atom. The van der Waals surface area contributed by atoms with E-state index in [9.17, 15) is 5.26 Å². The fourth-order valence-corrected chi connectivity index (χ4v) is 3.07. The maximum absolute atomic E-state index is 9.35. The maximum Gasteiger partial charge on any atom is 0.104 e. The van der Waals surface area contributed by atoms with Gasteiger partial charge in [-0.1, -0.05) is 13.3 Å². The van der Waals surface area contributed by atoms with Gasteiger partial charge >= 0.3 is 0 Å². The molecule has 0 bridgehead atoms. The lowest BCUT2D eigenvalue weighted by atomic mass is 9.85. The summed E-state index contributed by atoms with van der Waals surface area (Å²) < 4.78 is 0. The number of rotatable bonds is 10. The van der Waals surface area contributed by atoms with E-state index in [1.165, 1.54) is 58.2 Å². The summed E-state index contributed by atoms with van der Waals surface area (Å²) in [6, 6.07) is 3.09. The SMILES string of the molecule is CCN(CCCCC(C)(C#N)NC1CC1)CC1CCC1. The summed E-state index contributed by atoms with van der Waals surface area (Å²) in [5, 5.41) is 12.8. The number of nitriles is 1. The Hall–Kier alpha value is -0.590. The summed E-state index contributed by atoms with van der Waals surface area (Å²) in [5.41, 5.74) is -0.299. The van der Waals surface area contributed by atoms with Crippen LogP contribution in [0.4, 0.5) is 0 Å². The molecule has 2 aliphatic rings. The smallest absolute Gasteiger partial charge is 0.104 e. The van der Waals surface area contributed by atoms with Crippen LogP contribution in [0, 0.1) is 17.2 Å². The van der Waals surface area contributed by atoms with Gasteiger partial charge in [0.2, 0.25) is 0 Å². The molecule has 2 aliphatic carbocycles. The molecule has 1 atom stereocenters. The summed E-state index contributed by atoms with van der Waals surface area (Å²) >= 11 is 0. The second-order valence-corrected chi connectivity index (χ2v) is 7.01. The first-order valence-corrected chi connectivity index (χ1v) is 8.56. The van der Waals surface area contributed by atoms with Crippen molar-refractivity contribution < 1.29 is 0 Å². The zero-order valence-corrected chi connectivity index (χ0v) is 13.3. The molecule has 3 nitrogen and oxygen atoms in total. The van der Waals surface area contributed by atoms with E-state index in [0.717, 1.165) is 18.8 Å². The number of hydrogen-bond acceptors (Lipinski definition) is 3. The number of unbranched alkanes of at least 4 members (excludes halogenated alkanes) is 1. The second-order valence-electron chi connectivity index (χ2n) is 7.01. The van der Waals surface area contributed by atoms with Crippen molar-refractivity contribution in [3.63, 3.8) is 0 Å². The normalized spacial score (nSPS) is 22.3. The third-order valence-corrected chi connectivity index (χ3v) is 4.94. The molecule has 114 valence electrons. The van der Waals surface area contributed by atoms with E-state index < -0.39 is 0 Å². The standard InChI is InChI=1S/C17H31N3/c1-3-20(13-15-7-6-8-15)12-5-4-11-17(2,14-18)19-16-9-10-16/h15-16,19H,3-13H2,1-2H3. The van der Waals surface area contributed by atoms with Crippen molar-refractivity contribution in [1.82, 2.24) is 10.2 Å². The quantitative estimate of drug-likeness (QED) is 0.623. The molecule has 0 aromatic heterocycles. The van der Waals surface area contributed by atoms with Crippen LogP contribution in [0.3, 0.4) is 0 Å². The van der Waals surface area contributed by atoms with Gasteiger partial charge in [-0.05, 0) is 70.9 Å². The molecule has 2 saturated carbocycles. The van der Waals surface area contributed by atoms with Gasteiger partial charge in [0.15, 0.2) is 0 Å². The largest absolute Gasteiger partial charge is 0.303 e. The van der Waals surface area contributed by atoms with Gasteiger partial charge in [0.25, 0.3) is 0 Å². The first kappa shape index (κ1) is 15.8. The molecule has 20 heavy (non-hydrogen) atoms. The van der Waals surface area contributed by atoms with Gasteiger partial charge in [-0.25, -0.2) is 0 Å².